The molecule has 2 N–H and O–H groups in total. The molecule has 0 aromatic heterocycles. The zero-order valence-electron chi connectivity index (χ0n) is 15.7. The Morgan fingerprint density at radius 3 is 2.48 bits per heavy atom. The van der Waals surface area contributed by atoms with Crippen LogP contribution in [0.1, 0.15) is 58.8 Å². The van der Waals surface area contributed by atoms with Gasteiger partial charge in [-0.15, -0.1) is 0 Å². The van der Waals surface area contributed by atoms with Gasteiger partial charge < -0.3 is 20.1 Å². The zero-order chi connectivity index (χ0) is 18.2. The lowest BCUT2D eigenvalue weighted by atomic mass is 9.90. The van der Waals surface area contributed by atoms with Gasteiger partial charge in [-0.1, -0.05) is 19.3 Å². The Morgan fingerprint density at radius 1 is 1.16 bits per heavy atom. The van der Waals surface area contributed by atoms with Crippen LogP contribution < -0.4 is 5.32 Å². The van der Waals surface area contributed by atoms with Crippen molar-refractivity contribution in [2.24, 2.45) is 11.8 Å². The van der Waals surface area contributed by atoms with Gasteiger partial charge in [0.15, 0.2) is 0 Å². The molecule has 3 unspecified atom stereocenters. The van der Waals surface area contributed by atoms with Crippen molar-refractivity contribution < 1.29 is 19.4 Å². The first kappa shape index (κ1) is 20.2. The first-order chi connectivity index (χ1) is 12.0. The maximum Gasteiger partial charge on any atom is 0.247 e. The van der Waals surface area contributed by atoms with E-state index < -0.39 is 6.04 Å². The third kappa shape index (κ3) is 6.26. The summed E-state index contributed by atoms with van der Waals surface area (Å²) in [6, 6.07) is -0.654. The maximum atomic E-state index is 12.9. The number of nitrogens with one attached hydrogen (secondary N) is 1. The molecule has 1 saturated heterocycles. The van der Waals surface area contributed by atoms with Crippen molar-refractivity contribution in [2.45, 2.75) is 70.9 Å². The predicted octanol–water partition coefficient (Wildman–Crippen LogP) is 1.71. The standard InChI is InChI=1S/C19H34N2O4/c1-14(25-13-16-7-4-3-5-8-16)18(20-15(2)23)19(24)21-10-6-9-17(11-21)12-22/h14,16-18,22H,3-13H2,1-2H3,(H,20,23). The van der Waals surface area contributed by atoms with E-state index in [4.69, 9.17) is 4.74 Å². The summed E-state index contributed by atoms with van der Waals surface area (Å²) in [5, 5.41) is 12.2. The van der Waals surface area contributed by atoms with E-state index in [-0.39, 0.29) is 30.4 Å². The fourth-order valence-corrected chi connectivity index (χ4v) is 3.95. The van der Waals surface area contributed by atoms with Gasteiger partial charge in [0.25, 0.3) is 0 Å². The van der Waals surface area contributed by atoms with E-state index in [0.717, 1.165) is 12.8 Å². The number of likely N-dealkylation sites (tertiary alicyclic amines) is 1. The summed E-state index contributed by atoms with van der Waals surface area (Å²) in [6.07, 6.45) is 7.68. The second-order valence-electron chi connectivity index (χ2n) is 7.70. The molecule has 2 fully saturated rings. The maximum absolute atomic E-state index is 12.9. The molecule has 1 aliphatic carbocycles. The minimum Gasteiger partial charge on any atom is -0.396 e. The summed E-state index contributed by atoms with van der Waals surface area (Å²) >= 11 is 0. The van der Waals surface area contributed by atoms with Crippen LogP contribution in [0.4, 0.5) is 0 Å². The number of aliphatic hydroxyl groups excluding tert-OH is 1. The van der Waals surface area contributed by atoms with Crippen LogP contribution in [0.2, 0.25) is 0 Å². The molecule has 144 valence electrons. The molecular formula is C19H34N2O4. The largest absolute Gasteiger partial charge is 0.396 e. The van der Waals surface area contributed by atoms with Crippen LogP contribution in [0.3, 0.4) is 0 Å². The molecule has 0 aromatic carbocycles. The third-order valence-corrected chi connectivity index (χ3v) is 5.50. The van der Waals surface area contributed by atoms with E-state index >= 15 is 0 Å². The van der Waals surface area contributed by atoms with Crippen LogP contribution in [0.25, 0.3) is 0 Å². The summed E-state index contributed by atoms with van der Waals surface area (Å²) in [6.45, 7) is 5.29. The molecule has 2 aliphatic rings. The number of hydrogen-bond donors (Lipinski definition) is 2. The smallest absolute Gasteiger partial charge is 0.247 e. The normalized spacial score (nSPS) is 24.6. The van der Waals surface area contributed by atoms with Crippen LogP contribution in [0, 0.1) is 11.8 Å². The van der Waals surface area contributed by atoms with Crippen molar-refractivity contribution in [2.75, 3.05) is 26.3 Å². The molecule has 2 rings (SSSR count). The van der Waals surface area contributed by atoms with Crippen molar-refractivity contribution in [3.05, 3.63) is 0 Å². The molecule has 0 aromatic rings. The van der Waals surface area contributed by atoms with Gasteiger partial charge in [-0.05, 0) is 44.4 Å². The van der Waals surface area contributed by atoms with Gasteiger partial charge in [-0.3, -0.25) is 9.59 Å². The fourth-order valence-electron chi connectivity index (χ4n) is 3.95. The summed E-state index contributed by atoms with van der Waals surface area (Å²) < 4.78 is 6.00. The highest BCUT2D eigenvalue weighted by molar-refractivity contribution is 5.87. The number of piperidine rings is 1. The average Bonchev–Trinajstić information content (AvgIpc) is 2.64. The van der Waals surface area contributed by atoms with Crippen molar-refractivity contribution in [1.82, 2.24) is 10.2 Å². The number of hydrogen-bond acceptors (Lipinski definition) is 4. The highest BCUT2D eigenvalue weighted by Crippen LogP contribution is 2.24. The lowest BCUT2D eigenvalue weighted by Crippen LogP contribution is -2.56. The summed E-state index contributed by atoms with van der Waals surface area (Å²) in [7, 11) is 0. The van der Waals surface area contributed by atoms with E-state index in [1.54, 1.807) is 4.90 Å². The number of nitrogens with zero attached hydrogens (tertiary/aromatic N) is 1. The van der Waals surface area contributed by atoms with Gasteiger partial charge >= 0.3 is 0 Å². The Balaban J connectivity index is 1.93. The van der Waals surface area contributed by atoms with Gasteiger partial charge in [0, 0.05) is 33.2 Å². The van der Waals surface area contributed by atoms with E-state index in [9.17, 15) is 14.7 Å². The molecule has 1 saturated carbocycles. The molecule has 3 atom stereocenters. The molecule has 0 bridgehead atoms. The van der Waals surface area contributed by atoms with Crippen LogP contribution in [-0.4, -0.2) is 60.3 Å². The number of aliphatic hydroxyl groups is 1. The van der Waals surface area contributed by atoms with Crippen molar-refractivity contribution in [1.29, 1.82) is 0 Å². The second kappa shape index (κ2) is 10.1. The molecule has 1 heterocycles. The van der Waals surface area contributed by atoms with Crippen molar-refractivity contribution in [3.63, 3.8) is 0 Å². The molecule has 1 aliphatic heterocycles. The van der Waals surface area contributed by atoms with E-state index in [0.29, 0.717) is 25.6 Å². The van der Waals surface area contributed by atoms with Gasteiger partial charge in [0.05, 0.1) is 6.10 Å². The Kier molecular flexibility index (Phi) is 8.16. The topological polar surface area (TPSA) is 78.9 Å². The Morgan fingerprint density at radius 2 is 1.84 bits per heavy atom. The van der Waals surface area contributed by atoms with Crippen LogP contribution in [0.15, 0.2) is 0 Å². The van der Waals surface area contributed by atoms with Gasteiger partial charge in [-0.25, -0.2) is 0 Å². The minimum absolute atomic E-state index is 0.0931. The lowest BCUT2D eigenvalue weighted by Gasteiger charge is -2.36. The molecule has 2 amide bonds. The van der Waals surface area contributed by atoms with Crippen molar-refractivity contribution >= 4 is 11.8 Å². The van der Waals surface area contributed by atoms with Crippen LogP contribution >= 0.6 is 0 Å². The van der Waals surface area contributed by atoms with E-state index in [1.807, 2.05) is 6.92 Å². The average molecular weight is 354 g/mol. The minimum atomic E-state index is -0.654. The number of carbonyl (C=O) groups excluding carboxylic acids is 2. The fraction of sp³-hybridized carbons (Fsp3) is 0.895. The first-order valence-electron chi connectivity index (χ1n) is 9.79. The predicted molar refractivity (Wildman–Crippen MR) is 96.0 cm³/mol. The Bertz CT molecular complexity index is 437. The third-order valence-electron chi connectivity index (χ3n) is 5.50. The van der Waals surface area contributed by atoms with E-state index in [1.165, 1.54) is 39.0 Å². The summed E-state index contributed by atoms with van der Waals surface area (Å²) in [4.78, 5) is 26.3. The van der Waals surface area contributed by atoms with Gasteiger partial charge in [0.1, 0.15) is 6.04 Å². The molecule has 6 nitrogen and oxygen atoms in total. The highest BCUT2D eigenvalue weighted by Gasteiger charge is 2.33. The quantitative estimate of drug-likeness (QED) is 0.729. The van der Waals surface area contributed by atoms with Crippen LogP contribution in [-0.2, 0) is 14.3 Å². The molecule has 0 radical (unpaired) electrons. The SMILES string of the molecule is CC(=O)NC(C(=O)N1CCCC(CO)C1)C(C)OCC1CCCCC1. The van der Waals surface area contributed by atoms with Crippen LogP contribution in [0.5, 0.6) is 0 Å². The molecule has 0 spiro atoms. The zero-order valence-corrected chi connectivity index (χ0v) is 15.7. The Hall–Kier alpha value is -1.14. The second-order valence-corrected chi connectivity index (χ2v) is 7.70. The number of carbonyl (C=O) groups is 2. The number of ether oxygens (including phenoxy) is 1. The Labute approximate surface area is 151 Å². The molecular weight excluding hydrogens is 320 g/mol. The highest BCUT2D eigenvalue weighted by atomic mass is 16.5. The summed E-state index contributed by atoms with van der Waals surface area (Å²) in [5.41, 5.74) is 0. The van der Waals surface area contributed by atoms with Gasteiger partial charge in [0.2, 0.25) is 11.8 Å². The van der Waals surface area contributed by atoms with Gasteiger partial charge in [-0.2, -0.15) is 0 Å². The lowest BCUT2D eigenvalue weighted by molar-refractivity contribution is -0.142. The van der Waals surface area contributed by atoms with E-state index in [2.05, 4.69) is 5.32 Å². The molecule has 25 heavy (non-hydrogen) atoms. The first-order valence-corrected chi connectivity index (χ1v) is 9.79. The van der Waals surface area contributed by atoms with Crippen molar-refractivity contribution in [3.8, 4) is 0 Å². The monoisotopic (exact) mass is 354 g/mol. The molecule has 6 heteroatoms. The number of rotatable bonds is 7. The summed E-state index contributed by atoms with van der Waals surface area (Å²) in [5.74, 6) is 0.388. The number of amides is 2.